The van der Waals surface area contributed by atoms with Crippen molar-refractivity contribution in [3.05, 3.63) is 52.7 Å². The van der Waals surface area contributed by atoms with E-state index in [9.17, 15) is 18.0 Å². The van der Waals surface area contributed by atoms with Crippen molar-refractivity contribution >= 4 is 38.7 Å². The van der Waals surface area contributed by atoms with Crippen molar-refractivity contribution in [1.82, 2.24) is 5.32 Å². The molecule has 0 atom stereocenters. The highest BCUT2D eigenvalue weighted by Crippen LogP contribution is 2.15. The lowest BCUT2D eigenvalue weighted by molar-refractivity contribution is -0.121. The standard InChI is InChI=1S/C18H22N2O4S2/c1-20(15-7-3-2-4-8-15)26(23,24)14-12-19-18(22)11-5-9-16(21)17-10-6-13-25-17/h2-4,6-8,10,13H,5,9,11-12,14H2,1H3,(H,19,22). The van der Waals surface area contributed by atoms with Gasteiger partial charge >= 0.3 is 0 Å². The maximum Gasteiger partial charge on any atom is 0.236 e. The van der Waals surface area contributed by atoms with Crippen LogP contribution in [0.5, 0.6) is 0 Å². The van der Waals surface area contributed by atoms with Gasteiger partial charge in [0.25, 0.3) is 0 Å². The average molecular weight is 395 g/mol. The molecular weight excluding hydrogens is 372 g/mol. The molecule has 1 amide bonds. The summed E-state index contributed by atoms with van der Waals surface area (Å²) in [5.41, 5.74) is 0.575. The number of rotatable bonds is 10. The minimum absolute atomic E-state index is 0.0277. The van der Waals surface area contributed by atoms with E-state index in [1.54, 1.807) is 30.3 Å². The lowest BCUT2D eigenvalue weighted by Gasteiger charge is -2.19. The summed E-state index contributed by atoms with van der Waals surface area (Å²) in [5, 5.41) is 4.44. The number of para-hydroxylation sites is 1. The van der Waals surface area contributed by atoms with Crippen LogP contribution in [0.3, 0.4) is 0 Å². The summed E-state index contributed by atoms with van der Waals surface area (Å²) >= 11 is 1.39. The minimum Gasteiger partial charge on any atom is -0.355 e. The molecule has 8 heteroatoms. The maximum absolute atomic E-state index is 12.3. The topological polar surface area (TPSA) is 83.6 Å². The molecule has 1 heterocycles. The van der Waals surface area contributed by atoms with Gasteiger partial charge in [0.1, 0.15) is 0 Å². The van der Waals surface area contributed by atoms with E-state index in [1.807, 2.05) is 17.5 Å². The van der Waals surface area contributed by atoms with Crippen LogP contribution in [-0.4, -0.2) is 39.5 Å². The summed E-state index contributed by atoms with van der Waals surface area (Å²) in [7, 11) is -2.02. The minimum atomic E-state index is -3.51. The van der Waals surface area contributed by atoms with Crippen LogP contribution in [0.1, 0.15) is 28.9 Å². The Bertz CT molecular complexity index is 818. The Morgan fingerprint density at radius 1 is 1.08 bits per heavy atom. The second kappa shape index (κ2) is 9.49. The Hall–Kier alpha value is -2.19. The molecule has 0 unspecified atom stereocenters. The second-order valence-corrected chi connectivity index (χ2v) is 8.79. The van der Waals surface area contributed by atoms with Crippen molar-refractivity contribution in [2.24, 2.45) is 0 Å². The summed E-state index contributed by atoms with van der Waals surface area (Å²) in [6, 6.07) is 12.3. The van der Waals surface area contributed by atoms with Gasteiger partial charge in [0.05, 0.1) is 16.3 Å². The normalized spacial score (nSPS) is 11.1. The Morgan fingerprint density at radius 2 is 1.81 bits per heavy atom. The van der Waals surface area contributed by atoms with Crippen LogP contribution in [0.15, 0.2) is 47.8 Å². The highest BCUT2D eigenvalue weighted by molar-refractivity contribution is 7.92. The Morgan fingerprint density at radius 3 is 2.46 bits per heavy atom. The third-order valence-electron chi connectivity index (χ3n) is 3.82. The van der Waals surface area contributed by atoms with Gasteiger partial charge in [-0.15, -0.1) is 11.3 Å². The third kappa shape index (κ3) is 5.96. The Labute approximate surface area is 157 Å². The number of amides is 1. The van der Waals surface area contributed by atoms with Crippen molar-refractivity contribution in [1.29, 1.82) is 0 Å². The molecule has 0 aliphatic heterocycles. The SMILES string of the molecule is CN(c1ccccc1)S(=O)(=O)CCNC(=O)CCCC(=O)c1cccs1. The monoisotopic (exact) mass is 394 g/mol. The summed E-state index contributed by atoms with van der Waals surface area (Å²) in [6.45, 7) is 0.0389. The van der Waals surface area contributed by atoms with Gasteiger partial charge in [0, 0.05) is 26.4 Å². The molecule has 0 saturated heterocycles. The zero-order valence-corrected chi connectivity index (χ0v) is 16.2. The van der Waals surface area contributed by atoms with E-state index in [-0.39, 0.29) is 30.4 Å². The van der Waals surface area contributed by atoms with Crippen LogP contribution in [-0.2, 0) is 14.8 Å². The van der Waals surface area contributed by atoms with Crippen LogP contribution in [0.4, 0.5) is 5.69 Å². The molecule has 1 aromatic carbocycles. The molecule has 1 N–H and O–H groups in total. The first-order valence-electron chi connectivity index (χ1n) is 8.25. The third-order valence-corrected chi connectivity index (χ3v) is 6.50. The van der Waals surface area contributed by atoms with Gasteiger partial charge in [-0.05, 0) is 30.0 Å². The molecule has 0 aliphatic carbocycles. The predicted octanol–water partition coefficient (Wildman–Crippen LogP) is 2.68. The molecule has 0 saturated carbocycles. The van der Waals surface area contributed by atoms with E-state index in [2.05, 4.69) is 5.32 Å². The van der Waals surface area contributed by atoms with Crippen molar-refractivity contribution in [2.75, 3.05) is 23.7 Å². The van der Waals surface area contributed by atoms with E-state index < -0.39 is 10.0 Å². The van der Waals surface area contributed by atoms with Crippen molar-refractivity contribution in [3.8, 4) is 0 Å². The van der Waals surface area contributed by atoms with E-state index in [0.29, 0.717) is 23.4 Å². The smallest absolute Gasteiger partial charge is 0.236 e. The number of hydrogen-bond acceptors (Lipinski definition) is 5. The first-order chi connectivity index (χ1) is 12.4. The van der Waals surface area contributed by atoms with E-state index in [4.69, 9.17) is 0 Å². The Balaban J connectivity index is 1.69. The number of carbonyl (C=O) groups is 2. The molecule has 0 spiro atoms. The van der Waals surface area contributed by atoms with Gasteiger partial charge in [-0.3, -0.25) is 13.9 Å². The second-order valence-electron chi connectivity index (χ2n) is 5.72. The fourth-order valence-electron chi connectivity index (χ4n) is 2.31. The number of ketones is 1. The lowest BCUT2D eigenvalue weighted by Crippen LogP contribution is -2.35. The van der Waals surface area contributed by atoms with Gasteiger partial charge in [-0.1, -0.05) is 24.3 Å². The number of nitrogens with zero attached hydrogens (tertiary/aromatic N) is 1. The van der Waals surface area contributed by atoms with Crippen LogP contribution in [0, 0.1) is 0 Å². The number of nitrogens with one attached hydrogen (secondary N) is 1. The fourth-order valence-corrected chi connectivity index (χ4v) is 4.08. The molecule has 0 radical (unpaired) electrons. The van der Waals surface area contributed by atoms with Gasteiger partial charge in [-0.2, -0.15) is 0 Å². The summed E-state index contributed by atoms with van der Waals surface area (Å²) in [6.07, 6.45) is 0.952. The summed E-state index contributed by atoms with van der Waals surface area (Å²) in [5.74, 6) is -0.403. The van der Waals surface area contributed by atoms with Gasteiger partial charge in [-0.25, -0.2) is 8.42 Å². The van der Waals surface area contributed by atoms with E-state index in [0.717, 1.165) is 0 Å². The van der Waals surface area contributed by atoms with Crippen molar-refractivity contribution in [2.45, 2.75) is 19.3 Å². The van der Waals surface area contributed by atoms with Gasteiger partial charge in [0.2, 0.25) is 15.9 Å². The highest BCUT2D eigenvalue weighted by atomic mass is 32.2. The molecule has 0 aliphatic rings. The van der Waals surface area contributed by atoms with Crippen LogP contribution >= 0.6 is 11.3 Å². The number of sulfonamides is 1. The molecule has 0 fully saturated rings. The zero-order valence-electron chi connectivity index (χ0n) is 14.6. The van der Waals surface area contributed by atoms with Gasteiger partial charge < -0.3 is 5.32 Å². The number of thiophene rings is 1. The largest absolute Gasteiger partial charge is 0.355 e. The van der Waals surface area contributed by atoms with E-state index in [1.165, 1.54) is 22.7 Å². The molecular formula is C18H22N2O4S2. The average Bonchev–Trinajstić information content (AvgIpc) is 3.16. The molecule has 6 nitrogen and oxygen atoms in total. The van der Waals surface area contributed by atoms with Gasteiger partial charge in [0.15, 0.2) is 5.78 Å². The molecule has 1 aromatic heterocycles. The molecule has 2 aromatic rings. The first kappa shape index (κ1) is 20.1. The zero-order chi connectivity index (χ0) is 19.0. The number of anilines is 1. The highest BCUT2D eigenvalue weighted by Gasteiger charge is 2.18. The number of benzene rings is 1. The summed E-state index contributed by atoms with van der Waals surface area (Å²) < 4.78 is 25.8. The molecule has 26 heavy (non-hydrogen) atoms. The van der Waals surface area contributed by atoms with Crippen LogP contribution < -0.4 is 9.62 Å². The Kier molecular flexibility index (Phi) is 7.35. The van der Waals surface area contributed by atoms with Crippen molar-refractivity contribution < 1.29 is 18.0 Å². The molecule has 0 bridgehead atoms. The number of hydrogen-bond donors (Lipinski definition) is 1. The summed E-state index contributed by atoms with van der Waals surface area (Å²) in [4.78, 5) is 24.3. The maximum atomic E-state index is 12.3. The molecule has 140 valence electrons. The number of Topliss-reactive ketones (excluding diaryl/α,β-unsaturated/α-hetero) is 1. The first-order valence-corrected chi connectivity index (χ1v) is 10.7. The van der Waals surface area contributed by atoms with Crippen molar-refractivity contribution in [3.63, 3.8) is 0 Å². The predicted molar refractivity (Wildman–Crippen MR) is 104 cm³/mol. The van der Waals surface area contributed by atoms with E-state index >= 15 is 0 Å². The quantitative estimate of drug-likeness (QED) is 0.628. The fraction of sp³-hybridized carbons (Fsp3) is 0.333. The number of carbonyl (C=O) groups excluding carboxylic acids is 2. The molecule has 2 rings (SSSR count). The van der Waals surface area contributed by atoms with Crippen LogP contribution in [0.2, 0.25) is 0 Å². The lowest BCUT2D eigenvalue weighted by atomic mass is 10.1. The van der Waals surface area contributed by atoms with Crippen LogP contribution in [0.25, 0.3) is 0 Å².